The number of rotatable bonds is 1. The molecule has 2 heteroatoms. The maximum absolute atomic E-state index is 8.23. The molecule has 0 saturated carbocycles. The zero-order valence-electron chi connectivity index (χ0n) is 6.28. The number of nitrogens with zero attached hydrogens (tertiary/aromatic N) is 2. The highest BCUT2D eigenvalue weighted by Gasteiger charge is 1.86. The lowest BCUT2D eigenvalue weighted by Crippen LogP contribution is -1.82. The predicted octanol–water partition coefficient (Wildman–Crippen LogP) is 1.93. The van der Waals surface area contributed by atoms with Gasteiger partial charge in [0.1, 0.15) is 0 Å². The third kappa shape index (κ3) is 2.23. The van der Waals surface area contributed by atoms with E-state index in [1.54, 1.807) is 6.08 Å². The van der Waals surface area contributed by atoms with E-state index >= 15 is 0 Å². The van der Waals surface area contributed by atoms with Gasteiger partial charge in [-0.1, -0.05) is 6.07 Å². The summed E-state index contributed by atoms with van der Waals surface area (Å²) in [5.41, 5.74) is 1.79. The van der Waals surface area contributed by atoms with E-state index in [4.69, 9.17) is 5.26 Å². The number of aryl methyl sites for hydroxylation is 1. The van der Waals surface area contributed by atoms with Crippen molar-refractivity contribution in [2.75, 3.05) is 0 Å². The van der Waals surface area contributed by atoms with Crippen molar-refractivity contribution in [2.24, 2.45) is 0 Å². The van der Waals surface area contributed by atoms with Crippen LogP contribution in [0.25, 0.3) is 6.08 Å². The van der Waals surface area contributed by atoms with Crippen LogP contribution in [0, 0.1) is 18.3 Å². The average Bonchev–Trinajstić information content (AvgIpc) is 2.01. The minimum absolute atomic E-state index is 0.826. The van der Waals surface area contributed by atoms with Crippen molar-refractivity contribution in [3.05, 3.63) is 35.7 Å². The highest BCUT2D eigenvalue weighted by Crippen LogP contribution is 1.99. The summed E-state index contributed by atoms with van der Waals surface area (Å²) in [6.07, 6.45) is 3.11. The Labute approximate surface area is 65.8 Å². The molecule has 0 spiro atoms. The normalized spacial score (nSPS) is 9.82. The van der Waals surface area contributed by atoms with Crippen LogP contribution in [0.4, 0.5) is 0 Å². The van der Waals surface area contributed by atoms with Gasteiger partial charge in [0.25, 0.3) is 0 Å². The van der Waals surface area contributed by atoms with Crippen LogP contribution < -0.4 is 0 Å². The van der Waals surface area contributed by atoms with Gasteiger partial charge in [0.15, 0.2) is 0 Å². The Balaban J connectivity index is 2.90. The van der Waals surface area contributed by atoms with Gasteiger partial charge in [-0.15, -0.1) is 0 Å². The molecule has 0 radical (unpaired) electrons. The van der Waals surface area contributed by atoms with Crippen LogP contribution in [0.1, 0.15) is 11.4 Å². The molecular formula is C9H8N2. The number of allylic oxidation sites excluding steroid dienone is 1. The third-order valence-electron chi connectivity index (χ3n) is 1.24. The molecule has 0 aliphatic rings. The second kappa shape index (κ2) is 3.52. The molecule has 54 valence electrons. The molecule has 1 heterocycles. The first-order valence-corrected chi connectivity index (χ1v) is 3.33. The number of hydrogen-bond donors (Lipinski definition) is 0. The van der Waals surface area contributed by atoms with Crippen molar-refractivity contribution in [3.8, 4) is 6.07 Å². The Hall–Kier alpha value is -1.62. The predicted molar refractivity (Wildman–Crippen MR) is 43.6 cm³/mol. The van der Waals surface area contributed by atoms with E-state index in [0.717, 1.165) is 11.4 Å². The van der Waals surface area contributed by atoms with Crippen LogP contribution in [-0.2, 0) is 0 Å². The molecule has 0 aromatic carbocycles. The second-order valence-electron chi connectivity index (χ2n) is 2.17. The lowest BCUT2D eigenvalue weighted by Gasteiger charge is -1.92. The first-order chi connectivity index (χ1) is 5.33. The fourth-order valence-electron chi connectivity index (χ4n) is 0.780. The van der Waals surface area contributed by atoms with Crippen LogP contribution in [0.3, 0.4) is 0 Å². The van der Waals surface area contributed by atoms with Gasteiger partial charge in [-0.3, -0.25) is 4.98 Å². The summed E-state index contributed by atoms with van der Waals surface area (Å²) >= 11 is 0. The van der Waals surface area contributed by atoms with Gasteiger partial charge in [-0.2, -0.15) is 5.26 Å². The molecule has 2 nitrogen and oxygen atoms in total. The standard InChI is InChI=1S/C9H8N2/c1-8-4-2-5-9(11-8)6-3-7-10/h2-6H,1H3. The largest absolute Gasteiger partial charge is 0.254 e. The summed E-state index contributed by atoms with van der Waals surface area (Å²) in [7, 11) is 0. The van der Waals surface area contributed by atoms with Crippen molar-refractivity contribution in [1.29, 1.82) is 5.26 Å². The Kier molecular flexibility index (Phi) is 2.40. The van der Waals surface area contributed by atoms with Gasteiger partial charge in [0.2, 0.25) is 0 Å². The van der Waals surface area contributed by atoms with Crippen LogP contribution in [0.5, 0.6) is 0 Å². The molecule has 1 rings (SSSR count). The van der Waals surface area contributed by atoms with Gasteiger partial charge in [0.05, 0.1) is 11.8 Å². The lowest BCUT2D eigenvalue weighted by atomic mass is 10.3. The van der Waals surface area contributed by atoms with Crippen LogP contribution >= 0.6 is 0 Å². The lowest BCUT2D eigenvalue weighted by molar-refractivity contribution is 1.18. The monoisotopic (exact) mass is 144 g/mol. The summed E-state index contributed by atoms with van der Waals surface area (Å²) in [6, 6.07) is 7.61. The quantitative estimate of drug-likeness (QED) is 0.564. The van der Waals surface area contributed by atoms with Crippen molar-refractivity contribution in [1.82, 2.24) is 4.98 Å². The van der Waals surface area contributed by atoms with E-state index in [-0.39, 0.29) is 0 Å². The first kappa shape index (κ1) is 7.49. The minimum atomic E-state index is 0.826. The molecule has 0 aliphatic carbocycles. The van der Waals surface area contributed by atoms with Crippen molar-refractivity contribution < 1.29 is 0 Å². The van der Waals surface area contributed by atoms with E-state index < -0.39 is 0 Å². The van der Waals surface area contributed by atoms with Crippen LogP contribution in [-0.4, -0.2) is 4.98 Å². The van der Waals surface area contributed by atoms with Gasteiger partial charge in [0, 0.05) is 11.8 Å². The molecule has 0 saturated heterocycles. The summed E-state index contributed by atoms with van der Waals surface area (Å²) in [5.74, 6) is 0. The molecule has 0 amide bonds. The third-order valence-corrected chi connectivity index (χ3v) is 1.24. The fraction of sp³-hybridized carbons (Fsp3) is 0.111. The summed E-state index contributed by atoms with van der Waals surface area (Å²) in [4.78, 5) is 4.17. The van der Waals surface area contributed by atoms with Crippen LogP contribution in [0.15, 0.2) is 24.3 Å². The molecule has 1 aromatic rings. The van der Waals surface area contributed by atoms with E-state index in [0.29, 0.717) is 0 Å². The zero-order valence-corrected chi connectivity index (χ0v) is 6.28. The van der Waals surface area contributed by atoms with Crippen molar-refractivity contribution >= 4 is 6.08 Å². The molecule has 0 atom stereocenters. The van der Waals surface area contributed by atoms with E-state index in [9.17, 15) is 0 Å². The summed E-state index contributed by atoms with van der Waals surface area (Å²) in [6.45, 7) is 1.92. The van der Waals surface area contributed by atoms with Gasteiger partial charge in [-0.25, -0.2) is 0 Å². The maximum Gasteiger partial charge on any atom is 0.0912 e. The SMILES string of the molecule is Cc1cccc(C=CC#N)n1. The van der Waals surface area contributed by atoms with Crippen LogP contribution in [0.2, 0.25) is 0 Å². The topological polar surface area (TPSA) is 36.7 Å². The molecule has 1 aromatic heterocycles. The number of pyridine rings is 1. The number of aromatic nitrogens is 1. The Morgan fingerprint density at radius 2 is 2.36 bits per heavy atom. The van der Waals surface area contributed by atoms with Gasteiger partial charge >= 0.3 is 0 Å². The smallest absolute Gasteiger partial charge is 0.0912 e. The highest BCUT2D eigenvalue weighted by atomic mass is 14.7. The second-order valence-corrected chi connectivity index (χ2v) is 2.17. The first-order valence-electron chi connectivity index (χ1n) is 3.33. The number of hydrogen-bond acceptors (Lipinski definition) is 2. The van der Waals surface area contributed by atoms with E-state index in [1.165, 1.54) is 6.08 Å². The minimum Gasteiger partial charge on any atom is -0.254 e. The Morgan fingerprint density at radius 1 is 1.55 bits per heavy atom. The molecular weight excluding hydrogens is 136 g/mol. The summed E-state index contributed by atoms with van der Waals surface area (Å²) in [5, 5.41) is 8.23. The summed E-state index contributed by atoms with van der Waals surface area (Å²) < 4.78 is 0. The molecule has 0 fully saturated rings. The fourth-order valence-corrected chi connectivity index (χ4v) is 0.780. The molecule has 11 heavy (non-hydrogen) atoms. The molecule has 0 N–H and O–H groups in total. The Bertz CT molecular complexity index is 308. The molecule has 0 aliphatic heterocycles. The number of nitriles is 1. The Morgan fingerprint density at radius 3 is 3.00 bits per heavy atom. The van der Waals surface area contributed by atoms with E-state index in [2.05, 4.69) is 4.98 Å². The molecule has 0 unspecified atom stereocenters. The van der Waals surface area contributed by atoms with E-state index in [1.807, 2.05) is 31.2 Å². The maximum atomic E-state index is 8.23. The highest BCUT2D eigenvalue weighted by molar-refractivity contribution is 5.47. The average molecular weight is 144 g/mol. The van der Waals surface area contributed by atoms with Gasteiger partial charge < -0.3 is 0 Å². The zero-order chi connectivity index (χ0) is 8.10. The van der Waals surface area contributed by atoms with Gasteiger partial charge in [-0.05, 0) is 25.1 Å². The van der Waals surface area contributed by atoms with Crippen molar-refractivity contribution in [3.63, 3.8) is 0 Å². The molecule has 0 bridgehead atoms. The van der Waals surface area contributed by atoms with Crippen molar-refractivity contribution in [2.45, 2.75) is 6.92 Å².